The lowest BCUT2D eigenvalue weighted by molar-refractivity contribution is -0.192. The highest BCUT2D eigenvalue weighted by atomic mass is 19.4. The largest absolute Gasteiger partial charge is 0.477 e. The first kappa shape index (κ1) is 31.4. The molecule has 0 aromatic carbocycles. The van der Waals surface area contributed by atoms with Crippen LogP contribution in [0.4, 0.5) is 27.6 Å². The van der Waals surface area contributed by atoms with Gasteiger partial charge in [-0.3, -0.25) is 4.90 Å². The first-order chi connectivity index (χ1) is 18.4. The molecule has 1 aromatic rings. The van der Waals surface area contributed by atoms with Crippen LogP contribution in [0.15, 0.2) is 12.1 Å². The van der Waals surface area contributed by atoms with Crippen LogP contribution >= 0.6 is 0 Å². The van der Waals surface area contributed by atoms with E-state index in [9.17, 15) is 26.7 Å². The van der Waals surface area contributed by atoms with Gasteiger partial charge in [0.1, 0.15) is 11.2 Å². The van der Waals surface area contributed by atoms with Gasteiger partial charge in [0.05, 0.1) is 19.7 Å². The maximum Gasteiger partial charge on any atom is 0.406 e. The number of carboxylic acid groups (broad SMARTS) is 1. The SMILES string of the molecule is CCCCCCCCCCN(C)C1(C(F)(F)F)CC1.O=C(O)c1ccc(N2CC(F)(F)C2)c(OCC2CC2)n1. The van der Waals surface area contributed by atoms with Crippen molar-refractivity contribution in [1.29, 1.82) is 0 Å². The number of nitrogens with zero attached hydrogens (tertiary/aromatic N) is 3. The molecule has 0 amide bonds. The number of aromatic carboxylic acids is 1. The van der Waals surface area contributed by atoms with Crippen LogP contribution in [0.3, 0.4) is 0 Å². The number of carbonyl (C=O) groups is 1. The van der Waals surface area contributed by atoms with E-state index in [1.165, 1.54) is 54.0 Å². The van der Waals surface area contributed by atoms with Crippen LogP contribution in [0.5, 0.6) is 5.88 Å². The van der Waals surface area contributed by atoms with Gasteiger partial charge in [-0.2, -0.15) is 13.2 Å². The molecule has 0 spiro atoms. The molecule has 1 N–H and O–H groups in total. The van der Waals surface area contributed by atoms with Crippen LogP contribution in [-0.2, 0) is 0 Å². The van der Waals surface area contributed by atoms with Crippen molar-refractivity contribution >= 4 is 11.7 Å². The summed E-state index contributed by atoms with van der Waals surface area (Å²) < 4.78 is 70.0. The molecule has 0 radical (unpaired) electrons. The highest BCUT2D eigenvalue weighted by Gasteiger charge is 2.65. The predicted octanol–water partition coefficient (Wildman–Crippen LogP) is 7.18. The number of aromatic nitrogens is 1. The topological polar surface area (TPSA) is 65.9 Å². The van der Waals surface area contributed by atoms with Gasteiger partial charge in [0.25, 0.3) is 5.92 Å². The number of rotatable bonds is 15. The summed E-state index contributed by atoms with van der Waals surface area (Å²) in [6.07, 6.45) is 8.14. The van der Waals surface area contributed by atoms with Crippen molar-refractivity contribution < 1.29 is 36.6 Å². The Labute approximate surface area is 227 Å². The third-order valence-electron chi connectivity index (χ3n) is 7.73. The molecule has 1 saturated heterocycles. The molecule has 4 rings (SSSR count). The molecule has 1 aromatic heterocycles. The van der Waals surface area contributed by atoms with E-state index in [0.717, 1.165) is 32.1 Å². The van der Waals surface area contributed by atoms with Crippen molar-refractivity contribution in [3.8, 4) is 5.88 Å². The minimum absolute atomic E-state index is 0.132. The molecule has 6 nitrogen and oxygen atoms in total. The molecular formula is C28H42F5N3O3. The van der Waals surface area contributed by atoms with Crippen LogP contribution in [0.2, 0.25) is 0 Å². The fourth-order valence-corrected chi connectivity index (χ4v) is 4.76. The fourth-order valence-electron chi connectivity index (χ4n) is 4.76. The molecule has 1 aliphatic heterocycles. The summed E-state index contributed by atoms with van der Waals surface area (Å²) in [6.45, 7) is 2.45. The number of anilines is 1. The zero-order valence-electron chi connectivity index (χ0n) is 23.0. The molecule has 3 fully saturated rings. The van der Waals surface area contributed by atoms with Crippen molar-refractivity contribution in [2.45, 2.75) is 102 Å². The molecule has 2 heterocycles. The first-order valence-electron chi connectivity index (χ1n) is 14.2. The van der Waals surface area contributed by atoms with Crippen molar-refractivity contribution in [3.63, 3.8) is 0 Å². The Morgan fingerprint density at radius 3 is 2.15 bits per heavy atom. The van der Waals surface area contributed by atoms with Crippen LogP contribution in [0, 0.1) is 5.92 Å². The number of hydrogen-bond acceptors (Lipinski definition) is 5. The summed E-state index contributed by atoms with van der Waals surface area (Å²) in [5, 5.41) is 8.93. The monoisotopic (exact) mass is 563 g/mol. The van der Waals surface area contributed by atoms with Gasteiger partial charge in [-0.25, -0.2) is 18.6 Å². The Kier molecular flexibility index (Phi) is 10.8. The van der Waals surface area contributed by atoms with Crippen LogP contribution in [0.25, 0.3) is 0 Å². The van der Waals surface area contributed by atoms with Gasteiger partial charge in [-0.15, -0.1) is 0 Å². The number of halogens is 5. The number of hydrogen-bond donors (Lipinski definition) is 1. The average Bonchev–Trinajstić information content (AvgIpc) is 3.76. The van der Waals surface area contributed by atoms with Gasteiger partial charge in [0.15, 0.2) is 5.69 Å². The average molecular weight is 564 g/mol. The maximum absolute atomic E-state index is 12.9. The normalized spacial score (nSPS) is 19.2. The third kappa shape index (κ3) is 9.18. The minimum atomic E-state index is -4.05. The van der Waals surface area contributed by atoms with E-state index in [0.29, 0.717) is 24.8 Å². The molecule has 3 aliphatic rings. The predicted molar refractivity (Wildman–Crippen MR) is 140 cm³/mol. The summed E-state index contributed by atoms with van der Waals surface area (Å²) in [5.41, 5.74) is -1.19. The Morgan fingerprint density at radius 1 is 1.08 bits per heavy atom. The highest BCUT2D eigenvalue weighted by molar-refractivity contribution is 5.86. The molecule has 0 atom stereocenters. The van der Waals surface area contributed by atoms with Crippen LogP contribution in [0.1, 0.15) is 94.5 Å². The van der Waals surface area contributed by atoms with Crippen molar-refractivity contribution in [2.24, 2.45) is 5.92 Å². The Hall–Kier alpha value is -2.17. The Bertz CT molecular complexity index is 928. The van der Waals surface area contributed by atoms with Gasteiger partial charge in [0.2, 0.25) is 5.88 Å². The molecule has 2 saturated carbocycles. The molecule has 11 heteroatoms. The van der Waals surface area contributed by atoms with Crippen molar-refractivity contribution in [1.82, 2.24) is 9.88 Å². The molecule has 0 bridgehead atoms. The van der Waals surface area contributed by atoms with Crippen LogP contribution < -0.4 is 9.64 Å². The van der Waals surface area contributed by atoms with E-state index in [1.54, 1.807) is 7.05 Å². The lowest BCUT2D eigenvalue weighted by atomic mass is 10.1. The number of carboxylic acids is 1. The quantitative estimate of drug-likeness (QED) is 0.180. The zero-order valence-corrected chi connectivity index (χ0v) is 23.0. The minimum Gasteiger partial charge on any atom is -0.477 e. The van der Waals surface area contributed by atoms with E-state index in [2.05, 4.69) is 11.9 Å². The first-order valence-corrected chi connectivity index (χ1v) is 14.2. The standard InChI is InChI=1S/C15H28F3N.C13H14F2N2O3/c1-3-4-5-6-7-8-9-10-13-19(2)14(11-12-14)15(16,17)18;14-13(15)6-17(7-13)10-4-3-9(12(18)19)16-11(10)20-5-8-1-2-8/h3-13H2,1-2H3;3-4,8H,1-2,5-7H2,(H,18,19). The molecular weight excluding hydrogens is 521 g/mol. The number of pyridine rings is 1. The maximum atomic E-state index is 12.9. The van der Waals surface area contributed by atoms with Gasteiger partial charge in [-0.05, 0) is 63.7 Å². The summed E-state index contributed by atoms with van der Waals surface area (Å²) in [6, 6.07) is 2.78. The van der Waals surface area contributed by atoms with Gasteiger partial charge in [-0.1, -0.05) is 51.9 Å². The van der Waals surface area contributed by atoms with Crippen molar-refractivity contribution in [2.75, 3.05) is 38.2 Å². The Morgan fingerprint density at radius 2 is 1.67 bits per heavy atom. The molecule has 0 unspecified atom stereocenters. The van der Waals surface area contributed by atoms with Gasteiger partial charge >= 0.3 is 12.1 Å². The highest BCUT2D eigenvalue weighted by Crippen LogP contribution is 2.53. The second-order valence-corrected chi connectivity index (χ2v) is 11.2. The third-order valence-corrected chi connectivity index (χ3v) is 7.73. The zero-order chi connectivity index (χ0) is 28.7. The lowest BCUT2D eigenvalue weighted by Crippen LogP contribution is -2.56. The Balaban J connectivity index is 0.000000216. The number of unbranched alkanes of at least 4 members (excludes halogenated alkanes) is 7. The second-order valence-electron chi connectivity index (χ2n) is 11.2. The fraction of sp³-hybridized carbons (Fsp3) is 0.786. The van der Waals surface area contributed by atoms with Gasteiger partial charge < -0.3 is 14.7 Å². The summed E-state index contributed by atoms with van der Waals surface area (Å²) in [7, 11) is 1.63. The summed E-state index contributed by atoms with van der Waals surface area (Å²) in [5.74, 6) is -3.26. The van der Waals surface area contributed by atoms with E-state index in [1.807, 2.05) is 0 Å². The van der Waals surface area contributed by atoms with Gasteiger partial charge in [0, 0.05) is 0 Å². The second kappa shape index (κ2) is 13.5. The smallest absolute Gasteiger partial charge is 0.406 e. The van der Waals surface area contributed by atoms with E-state index < -0.39 is 23.6 Å². The summed E-state index contributed by atoms with van der Waals surface area (Å²) in [4.78, 5) is 17.8. The molecule has 39 heavy (non-hydrogen) atoms. The number of alkyl halides is 5. The lowest BCUT2D eigenvalue weighted by Gasteiger charge is -2.40. The van der Waals surface area contributed by atoms with Crippen molar-refractivity contribution in [3.05, 3.63) is 17.8 Å². The molecule has 2 aliphatic carbocycles. The summed E-state index contributed by atoms with van der Waals surface area (Å²) >= 11 is 0. The van der Waals surface area contributed by atoms with E-state index in [-0.39, 0.29) is 37.5 Å². The van der Waals surface area contributed by atoms with Crippen LogP contribution in [-0.4, -0.2) is 71.9 Å². The number of ether oxygens (including phenoxy) is 1. The molecule has 222 valence electrons. The van der Waals surface area contributed by atoms with E-state index in [4.69, 9.17) is 9.84 Å². The van der Waals surface area contributed by atoms with E-state index >= 15 is 0 Å².